The second-order valence-electron chi connectivity index (χ2n) is 8.37. The third-order valence-electron chi connectivity index (χ3n) is 6.37. The van der Waals surface area contributed by atoms with Crippen molar-refractivity contribution in [2.45, 2.75) is 45.4 Å². The number of hydrogen-bond acceptors (Lipinski definition) is 3. The molecule has 2 fully saturated rings. The molecule has 1 atom stereocenters. The molecule has 1 unspecified atom stereocenters. The first-order chi connectivity index (χ1) is 13.6. The van der Waals surface area contributed by atoms with Crippen molar-refractivity contribution < 1.29 is 9.59 Å². The zero-order chi connectivity index (χ0) is 19.8. The lowest BCUT2D eigenvalue weighted by atomic mass is 9.84. The first-order valence-corrected chi connectivity index (χ1v) is 10.9. The third kappa shape index (κ3) is 6.06. The molecule has 2 amide bonds. The van der Waals surface area contributed by atoms with E-state index in [1.165, 1.54) is 18.4 Å². The van der Waals surface area contributed by atoms with Gasteiger partial charge < -0.3 is 15.1 Å². The van der Waals surface area contributed by atoms with E-state index >= 15 is 0 Å². The smallest absolute Gasteiger partial charge is 0.222 e. The van der Waals surface area contributed by atoms with Gasteiger partial charge in [0.25, 0.3) is 0 Å². The summed E-state index contributed by atoms with van der Waals surface area (Å²) < 4.78 is 0. The van der Waals surface area contributed by atoms with Crippen LogP contribution in [-0.2, 0) is 16.0 Å². The number of amides is 2. The van der Waals surface area contributed by atoms with E-state index in [1.54, 1.807) is 0 Å². The molecule has 2 aliphatic rings. The van der Waals surface area contributed by atoms with Crippen LogP contribution < -0.4 is 5.32 Å². The molecule has 0 aromatic heterocycles. The molecular formula is C23H35N3O2. The number of rotatable bonds is 7. The highest BCUT2D eigenvalue weighted by molar-refractivity contribution is 5.78. The van der Waals surface area contributed by atoms with Crippen LogP contribution in [-0.4, -0.2) is 60.9 Å². The Morgan fingerprint density at radius 2 is 1.61 bits per heavy atom. The van der Waals surface area contributed by atoms with Crippen molar-refractivity contribution in [1.29, 1.82) is 0 Å². The Morgan fingerprint density at radius 3 is 2.25 bits per heavy atom. The molecule has 2 saturated heterocycles. The average Bonchev–Trinajstić information content (AvgIpc) is 2.75. The van der Waals surface area contributed by atoms with E-state index in [1.807, 2.05) is 28.0 Å². The van der Waals surface area contributed by atoms with Gasteiger partial charge in [0.1, 0.15) is 0 Å². The summed E-state index contributed by atoms with van der Waals surface area (Å²) in [5.41, 5.74) is 1.29. The van der Waals surface area contributed by atoms with Gasteiger partial charge in [-0.3, -0.25) is 9.59 Å². The highest BCUT2D eigenvalue weighted by Gasteiger charge is 2.27. The number of piperazine rings is 1. The predicted molar refractivity (Wildman–Crippen MR) is 112 cm³/mol. The summed E-state index contributed by atoms with van der Waals surface area (Å²) in [6.45, 7) is 7.10. The van der Waals surface area contributed by atoms with Gasteiger partial charge in [0.15, 0.2) is 0 Å². The van der Waals surface area contributed by atoms with Gasteiger partial charge in [0.05, 0.1) is 0 Å². The van der Waals surface area contributed by atoms with Crippen LogP contribution in [0.4, 0.5) is 0 Å². The molecule has 5 heteroatoms. The Balaban J connectivity index is 1.35. The quantitative estimate of drug-likeness (QED) is 0.785. The zero-order valence-corrected chi connectivity index (χ0v) is 17.2. The van der Waals surface area contributed by atoms with Crippen LogP contribution in [0.5, 0.6) is 0 Å². The van der Waals surface area contributed by atoms with Crippen molar-refractivity contribution >= 4 is 11.8 Å². The maximum absolute atomic E-state index is 12.7. The van der Waals surface area contributed by atoms with Gasteiger partial charge in [0, 0.05) is 39.0 Å². The van der Waals surface area contributed by atoms with E-state index in [0.717, 1.165) is 25.9 Å². The molecule has 1 aromatic rings. The summed E-state index contributed by atoms with van der Waals surface area (Å²) >= 11 is 0. The van der Waals surface area contributed by atoms with Crippen molar-refractivity contribution in [3.05, 3.63) is 35.9 Å². The number of nitrogens with one attached hydrogen (secondary N) is 1. The van der Waals surface area contributed by atoms with E-state index in [0.29, 0.717) is 50.9 Å². The van der Waals surface area contributed by atoms with E-state index < -0.39 is 0 Å². The van der Waals surface area contributed by atoms with Gasteiger partial charge in [0.2, 0.25) is 11.8 Å². The van der Waals surface area contributed by atoms with Crippen LogP contribution in [0.15, 0.2) is 30.3 Å². The Morgan fingerprint density at radius 1 is 1.00 bits per heavy atom. The topological polar surface area (TPSA) is 52.7 Å². The summed E-state index contributed by atoms with van der Waals surface area (Å²) in [5, 5.41) is 3.39. The molecule has 0 saturated carbocycles. The lowest BCUT2D eigenvalue weighted by Crippen LogP contribution is -2.51. The summed E-state index contributed by atoms with van der Waals surface area (Å²) in [7, 11) is 0. The second kappa shape index (κ2) is 10.6. The highest BCUT2D eigenvalue weighted by atomic mass is 16.2. The van der Waals surface area contributed by atoms with Gasteiger partial charge in [-0.1, -0.05) is 37.3 Å². The fraction of sp³-hybridized carbons (Fsp3) is 0.652. The van der Waals surface area contributed by atoms with Crippen molar-refractivity contribution in [1.82, 2.24) is 15.1 Å². The molecule has 0 bridgehead atoms. The maximum Gasteiger partial charge on any atom is 0.222 e. The molecule has 2 aliphatic heterocycles. The van der Waals surface area contributed by atoms with Gasteiger partial charge >= 0.3 is 0 Å². The molecule has 1 N–H and O–H groups in total. The van der Waals surface area contributed by atoms with E-state index in [9.17, 15) is 9.59 Å². The van der Waals surface area contributed by atoms with Crippen molar-refractivity contribution in [3.63, 3.8) is 0 Å². The minimum absolute atomic E-state index is 0.228. The largest absolute Gasteiger partial charge is 0.339 e. The Labute approximate surface area is 169 Å². The number of nitrogens with zero attached hydrogens (tertiary/aromatic N) is 2. The standard InChI is InChI=1S/C23H35N3O2/c1-19(21-10-12-24-13-11-21)18-23(28)26-16-14-25(15-17-26)22(27)9-5-8-20-6-3-2-4-7-20/h2-4,6-7,19,21,24H,5,8-18H2,1H3. The Hall–Kier alpha value is -1.88. The Bertz CT molecular complexity index is 620. The number of aryl methyl sites for hydroxylation is 1. The Kier molecular flexibility index (Phi) is 7.90. The lowest BCUT2D eigenvalue weighted by molar-refractivity contribution is -0.140. The normalized spacial score (nSPS) is 19.5. The number of carbonyl (C=O) groups excluding carboxylic acids is 2. The van der Waals surface area contributed by atoms with Gasteiger partial charge in [-0.05, 0) is 56.2 Å². The minimum atomic E-state index is 0.228. The van der Waals surface area contributed by atoms with Crippen LogP contribution in [0, 0.1) is 11.8 Å². The summed E-state index contributed by atoms with van der Waals surface area (Å²) in [6.07, 6.45) is 5.43. The molecule has 154 valence electrons. The number of hydrogen-bond donors (Lipinski definition) is 1. The summed E-state index contributed by atoms with van der Waals surface area (Å²) in [4.78, 5) is 29.0. The number of piperidine rings is 1. The maximum atomic E-state index is 12.7. The minimum Gasteiger partial charge on any atom is -0.339 e. The summed E-state index contributed by atoms with van der Waals surface area (Å²) in [5.74, 6) is 1.61. The fourth-order valence-corrected chi connectivity index (χ4v) is 4.44. The van der Waals surface area contributed by atoms with Crippen molar-refractivity contribution in [2.24, 2.45) is 11.8 Å². The fourth-order valence-electron chi connectivity index (χ4n) is 4.44. The number of carbonyl (C=O) groups is 2. The van der Waals surface area contributed by atoms with E-state index in [4.69, 9.17) is 0 Å². The number of benzene rings is 1. The van der Waals surface area contributed by atoms with E-state index in [2.05, 4.69) is 24.4 Å². The first-order valence-electron chi connectivity index (χ1n) is 10.9. The van der Waals surface area contributed by atoms with Crippen molar-refractivity contribution in [2.75, 3.05) is 39.3 Å². The van der Waals surface area contributed by atoms with Gasteiger partial charge in [-0.25, -0.2) is 0 Å². The molecule has 5 nitrogen and oxygen atoms in total. The summed E-state index contributed by atoms with van der Waals surface area (Å²) in [6, 6.07) is 10.3. The van der Waals surface area contributed by atoms with Gasteiger partial charge in [-0.2, -0.15) is 0 Å². The van der Waals surface area contributed by atoms with Gasteiger partial charge in [-0.15, -0.1) is 0 Å². The first kappa shape index (κ1) is 20.8. The molecule has 3 rings (SSSR count). The third-order valence-corrected chi connectivity index (χ3v) is 6.37. The van der Waals surface area contributed by atoms with Crippen LogP contribution in [0.3, 0.4) is 0 Å². The molecule has 0 aliphatic carbocycles. The molecule has 28 heavy (non-hydrogen) atoms. The van der Waals surface area contributed by atoms with Crippen LogP contribution in [0.1, 0.15) is 44.6 Å². The molecule has 0 spiro atoms. The van der Waals surface area contributed by atoms with E-state index in [-0.39, 0.29) is 11.8 Å². The van der Waals surface area contributed by atoms with Crippen molar-refractivity contribution in [3.8, 4) is 0 Å². The molecular weight excluding hydrogens is 350 g/mol. The van der Waals surface area contributed by atoms with Crippen LogP contribution in [0.2, 0.25) is 0 Å². The lowest BCUT2D eigenvalue weighted by Gasteiger charge is -2.36. The highest BCUT2D eigenvalue weighted by Crippen LogP contribution is 2.25. The zero-order valence-electron chi connectivity index (χ0n) is 17.2. The second-order valence-corrected chi connectivity index (χ2v) is 8.37. The van der Waals surface area contributed by atoms with Crippen LogP contribution in [0.25, 0.3) is 0 Å². The SMILES string of the molecule is CC(CC(=O)N1CCN(C(=O)CCCc2ccccc2)CC1)C1CCNCC1. The monoisotopic (exact) mass is 385 g/mol. The predicted octanol–water partition coefficient (Wildman–Crippen LogP) is 2.71. The molecule has 1 aromatic carbocycles. The average molecular weight is 386 g/mol. The molecule has 0 radical (unpaired) electrons. The van der Waals surface area contributed by atoms with Crippen LogP contribution >= 0.6 is 0 Å². The molecule has 2 heterocycles.